The Morgan fingerprint density at radius 2 is 2.25 bits per heavy atom. The maximum atomic E-state index is 11.5. The zero-order chi connectivity index (χ0) is 12.0. The molecule has 1 amide bonds. The summed E-state index contributed by atoms with van der Waals surface area (Å²) < 4.78 is 5.48. The summed E-state index contributed by atoms with van der Waals surface area (Å²) in [5.74, 6) is 0.601. The van der Waals surface area contributed by atoms with Crippen molar-refractivity contribution in [2.24, 2.45) is 11.7 Å². The molecule has 0 aromatic heterocycles. The number of rotatable bonds is 7. The Morgan fingerprint density at radius 3 is 2.81 bits per heavy atom. The summed E-state index contributed by atoms with van der Waals surface area (Å²) in [6.45, 7) is 5.06. The van der Waals surface area contributed by atoms with Gasteiger partial charge in [-0.15, -0.1) is 0 Å². The van der Waals surface area contributed by atoms with Crippen molar-refractivity contribution in [3.05, 3.63) is 0 Å². The SMILES string of the molecule is CCCC(C)NC(=O)COC1CC(CN)C1. The molecule has 0 radical (unpaired) electrons. The topological polar surface area (TPSA) is 64.3 Å². The van der Waals surface area contributed by atoms with E-state index in [-0.39, 0.29) is 24.7 Å². The van der Waals surface area contributed by atoms with Crippen LogP contribution in [-0.4, -0.2) is 31.2 Å². The van der Waals surface area contributed by atoms with Crippen molar-refractivity contribution >= 4 is 5.91 Å². The van der Waals surface area contributed by atoms with E-state index in [4.69, 9.17) is 10.5 Å². The fraction of sp³-hybridized carbons (Fsp3) is 0.917. The summed E-state index contributed by atoms with van der Waals surface area (Å²) in [4.78, 5) is 11.5. The maximum absolute atomic E-state index is 11.5. The van der Waals surface area contributed by atoms with E-state index in [1.807, 2.05) is 6.92 Å². The molecule has 1 fully saturated rings. The average Bonchev–Trinajstić information content (AvgIpc) is 2.15. The number of amides is 1. The number of hydrogen-bond donors (Lipinski definition) is 2. The van der Waals surface area contributed by atoms with Crippen LogP contribution in [0.1, 0.15) is 39.5 Å². The zero-order valence-corrected chi connectivity index (χ0v) is 10.4. The Kier molecular flexibility index (Phi) is 5.77. The van der Waals surface area contributed by atoms with Crippen molar-refractivity contribution in [2.75, 3.05) is 13.2 Å². The summed E-state index contributed by atoms with van der Waals surface area (Å²) in [6, 6.07) is 0.249. The summed E-state index contributed by atoms with van der Waals surface area (Å²) in [7, 11) is 0. The maximum Gasteiger partial charge on any atom is 0.246 e. The number of ether oxygens (including phenoxy) is 1. The third-order valence-corrected chi connectivity index (χ3v) is 3.10. The molecule has 0 aromatic rings. The normalized spacial score (nSPS) is 25.9. The van der Waals surface area contributed by atoms with Crippen LogP contribution < -0.4 is 11.1 Å². The monoisotopic (exact) mass is 228 g/mol. The lowest BCUT2D eigenvalue weighted by Crippen LogP contribution is -2.40. The van der Waals surface area contributed by atoms with Gasteiger partial charge in [-0.2, -0.15) is 0 Å². The molecule has 94 valence electrons. The van der Waals surface area contributed by atoms with E-state index in [9.17, 15) is 4.79 Å². The number of nitrogens with one attached hydrogen (secondary N) is 1. The number of nitrogens with two attached hydrogens (primary N) is 1. The molecule has 1 atom stereocenters. The van der Waals surface area contributed by atoms with Crippen molar-refractivity contribution in [3.8, 4) is 0 Å². The second-order valence-electron chi connectivity index (χ2n) is 4.76. The van der Waals surface area contributed by atoms with Crippen molar-refractivity contribution in [1.29, 1.82) is 0 Å². The summed E-state index contributed by atoms with van der Waals surface area (Å²) in [5, 5.41) is 2.92. The highest BCUT2D eigenvalue weighted by Crippen LogP contribution is 2.28. The quantitative estimate of drug-likeness (QED) is 0.684. The highest BCUT2D eigenvalue weighted by molar-refractivity contribution is 5.77. The molecule has 4 nitrogen and oxygen atoms in total. The molecule has 1 saturated carbocycles. The van der Waals surface area contributed by atoms with Gasteiger partial charge in [0.2, 0.25) is 5.91 Å². The third kappa shape index (κ3) is 4.49. The molecule has 0 aliphatic heterocycles. The second-order valence-corrected chi connectivity index (χ2v) is 4.76. The lowest BCUT2D eigenvalue weighted by molar-refractivity contribution is -0.131. The molecule has 0 saturated heterocycles. The fourth-order valence-electron chi connectivity index (χ4n) is 2.02. The first kappa shape index (κ1) is 13.5. The summed E-state index contributed by atoms with van der Waals surface area (Å²) >= 11 is 0. The van der Waals surface area contributed by atoms with E-state index in [1.165, 1.54) is 0 Å². The largest absolute Gasteiger partial charge is 0.368 e. The van der Waals surface area contributed by atoms with Crippen LogP contribution in [0.2, 0.25) is 0 Å². The van der Waals surface area contributed by atoms with Gasteiger partial charge >= 0.3 is 0 Å². The van der Waals surface area contributed by atoms with E-state index in [2.05, 4.69) is 12.2 Å². The third-order valence-electron chi connectivity index (χ3n) is 3.10. The number of carbonyl (C=O) groups excluding carboxylic acids is 1. The van der Waals surface area contributed by atoms with Gasteiger partial charge in [-0.25, -0.2) is 0 Å². The average molecular weight is 228 g/mol. The fourth-order valence-corrected chi connectivity index (χ4v) is 2.02. The minimum Gasteiger partial charge on any atom is -0.368 e. The smallest absolute Gasteiger partial charge is 0.246 e. The van der Waals surface area contributed by atoms with Gasteiger partial charge in [-0.3, -0.25) is 4.79 Å². The molecule has 0 spiro atoms. The minimum absolute atomic E-state index is 0.00264. The Bertz CT molecular complexity index is 215. The van der Waals surface area contributed by atoms with Crippen LogP contribution in [0.3, 0.4) is 0 Å². The van der Waals surface area contributed by atoms with Gasteiger partial charge in [-0.05, 0) is 38.6 Å². The first-order chi connectivity index (χ1) is 7.65. The molecule has 4 heteroatoms. The van der Waals surface area contributed by atoms with Crippen LogP contribution in [0.5, 0.6) is 0 Å². The minimum atomic E-state index is -0.00264. The zero-order valence-electron chi connectivity index (χ0n) is 10.4. The van der Waals surface area contributed by atoms with Gasteiger partial charge in [0.05, 0.1) is 6.10 Å². The molecule has 0 bridgehead atoms. The van der Waals surface area contributed by atoms with Crippen molar-refractivity contribution < 1.29 is 9.53 Å². The first-order valence-electron chi connectivity index (χ1n) is 6.26. The molecule has 0 aromatic carbocycles. The van der Waals surface area contributed by atoms with E-state index < -0.39 is 0 Å². The molecule has 3 N–H and O–H groups in total. The van der Waals surface area contributed by atoms with Gasteiger partial charge < -0.3 is 15.8 Å². The van der Waals surface area contributed by atoms with E-state index in [0.717, 1.165) is 32.2 Å². The molecule has 1 aliphatic carbocycles. The van der Waals surface area contributed by atoms with E-state index >= 15 is 0 Å². The first-order valence-corrected chi connectivity index (χ1v) is 6.26. The van der Waals surface area contributed by atoms with Crippen molar-refractivity contribution in [3.63, 3.8) is 0 Å². The Labute approximate surface area is 97.9 Å². The predicted octanol–water partition coefficient (Wildman–Crippen LogP) is 1.05. The molecule has 0 heterocycles. The van der Waals surface area contributed by atoms with E-state index in [0.29, 0.717) is 5.92 Å². The van der Waals surface area contributed by atoms with Crippen molar-refractivity contribution in [1.82, 2.24) is 5.32 Å². The molecular formula is C12H24N2O2. The van der Waals surface area contributed by atoms with Crippen molar-refractivity contribution in [2.45, 2.75) is 51.7 Å². The van der Waals surface area contributed by atoms with Gasteiger partial charge in [0.15, 0.2) is 0 Å². The standard InChI is InChI=1S/C12H24N2O2/c1-3-4-9(2)14-12(15)8-16-11-5-10(6-11)7-13/h9-11H,3-8,13H2,1-2H3,(H,14,15). The Balaban J connectivity index is 2.03. The Hall–Kier alpha value is -0.610. The molecule has 1 unspecified atom stereocenters. The number of hydrogen-bond acceptors (Lipinski definition) is 3. The van der Waals surface area contributed by atoms with Crippen LogP contribution in [0.4, 0.5) is 0 Å². The van der Waals surface area contributed by atoms with Crippen LogP contribution in [-0.2, 0) is 9.53 Å². The van der Waals surface area contributed by atoms with Crippen LogP contribution >= 0.6 is 0 Å². The molecule has 1 aliphatic rings. The van der Waals surface area contributed by atoms with Crippen LogP contribution in [0.15, 0.2) is 0 Å². The Morgan fingerprint density at radius 1 is 1.56 bits per heavy atom. The molecular weight excluding hydrogens is 204 g/mol. The summed E-state index contributed by atoms with van der Waals surface area (Å²) in [6.07, 6.45) is 4.37. The highest BCUT2D eigenvalue weighted by atomic mass is 16.5. The van der Waals surface area contributed by atoms with Crippen LogP contribution in [0.25, 0.3) is 0 Å². The van der Waals surface area contributed by atoms with Crippen LogP contribution in [0, 0.1) is 5.92 Å². The van der Waals surface area contributed by atoms with Gasteiger partial charge in [0.1, 0.15) is 6.61 Å². The second kappa shape index (κ2) is 6.86. The molecule has 1 rings (SSSR count). The lowest BCUT2D eigenvalue weighted by atomic mass is 9.82. The number of carbonyl (C=O) groups is 1. The molecule has 16 heavy (non-hydrogen) atoms. The highest BCUT2D eigenvalue weighted by Gasteiger charge is 2.28. The summed E-state index contributed by atoms with van der Waals surface area (Å²) in [5.41, 5.74) is 5.52. The predicted molar refractivity (Wildman–Crippen MR) is 64.0 cm³/mol. The lowest BCUT2D eigenvalue weighted by Gasteiger charge is -2.34. The van der Waals surface area contributed by atoms with Gasteiger partial charge in [0, 0.05) is 6.04 Å². The van der Waals surface area contributed by atoms with E-state index in [1.54, 1.807) is 0 Å². The van der Waals surface area contributed by atoms with Gasteiger partial charge in [-0.1, -0.05) is 13.3 Å². The van der Waals surface area contributed by atoms with Gasteiger partial charge in [0.25, 0.3) is 0 Å².